The van der Waals surface area contributed by atoms with Gasteiger partial charge in [0.15, 0.2) is 11.5 Å². The Balaban J connectivity index is 1.28. The van der Waals surface area contributed by atoms with Gasteiger partial charge in [-0.2, -0.15) is 0 Å². The monoisotopic (exact) mass is 418 g/mol. The number of likely N-dealkylation sites (tertiary alicyclic amines) is 1. The predicted molar refractivity (Wildman–Crippen MR) is 116 cm³/mol. The minimum atomic E-state index is -0.312. The fourth-order valence-corrected chi connectivity index (χ4v) is 4.43. The van der Waals surface area contributed by atoms with Crippen molar-refractivity contribution in [3.8, 4) is 11.5 Å². The zero-order chi connectivity index (χ0) is 21.0. The first-order valence-electron chi connectivity index (χ1n) is 10.7. The van der Waals surface area contributed by atoms with Gasteiger partial charge in [-0.3, -0.25) is 9.69 Å². The van der Waals surface area contributed by atoms with Gasteiger partial charge in [-0.15, -0.1) is 0 Å². The Bertz CT molecular complexity index is 1010. The molecule has 0 bridgehead atoms. The topological polar surface area (TPSA) is 79.5 Å². The van der Waals surface area contributed by atoms with Crippen LogP contribution in [0.5, 0.6) is 11.5 Å². The van der Waals surface area contributed by atoms with Gasteiger partial charge in [-0.25, -0.2) is 4.98 Å². The van der Waals surface area contributed by atoms with E-state index in [-0.39, 0.29) is 18.7 Å². The van der Waals surface area contributed by atoms with E-state index in [1.165, 1.54) is 0 Å². The van der Waals surface area contributed by atoms with Gasteiger partial charge >= 0.3 is 0 Å². The van der Waals surface area contributed by atoms with Crippen LogP contribution in [0.4, 0.5) is 0 Å². The first-order valence-corrected chi connectivity index (χ1v) is 10.7. The van der Waals surface area contributed by atoms with Crippen LogP contribution in [0.25, 0.3) is 0 Å². The molecule has 1 saturated heterocycles. The van der Waals surface area contributed by atoms with Crippen molar-refractivity contribution < 1.29 is 14.3 Å². The molecule has 0 spiro atoms. The van der Waals surface area contributed by atoms with Gasteiger partial charge in [0.2, 0.25) is 12.7 Å². The van der Waals surface area contributed by atoms with Crippen LogP contribution >= 0.6 is 0 Å². The third kappa shape index (κ3) is 4.27. The van der Waals surface area contributed by atoms with Crippen LogP contribution < -0.4 is 14.8 Å². The number of fused-ring (bicyclic) bond motifs is 1. The smallest absolute Gasteiger partial charge is 0.242 e. The number of carbonyl (C=O) groups excluding carboxylic acids is 1. The van der Waals surface area contributed by atoms with Crippen molar-refractivity contribution in [3.05, 3.63) is 77.9 Å². The molecule has 7 heteroatoms. The molecular weight excluding hydrogens is 392 g/mol. The van der Waals surface area contributed by atoms with Crippen LogP contribution in [0.2, 0.25) is 0 Å². The molecule has 2 N–H and O–H groups in total. The number of carbonyl (C=O) groups is 1. The van der Waals surface area contributed by atoms with Crippen LogP contribution in [0, 0.1) is 0 Å². The molecule has 2 aliphatic rings. The largest absolute Gasteiger partial charge is 0.454 e. The molecule has 0 aliphatic carbocycles. The summed E-state index contributed by atoms with van der Waals surface area (Å²) in [6, 6.07) is 15.5. The molecule has 3 aromatic rings. The SMILES string of the molecule is O=C(NCc1ccc2c(c1)OCO2)C(c1ccccc1)N1CCC(c2ncc[nH]2)CC1. The third-order valence-corrected chi connectivity index (χ3v) is 6.07. The second-order valence-corrected chi connectivity index (χ2v) is 8.00. The van der Waals surface area contributed by atoms with Gasteiger partial charge in [0.1, 0.15) is 11.9 Å². The van der Waals surface area contributed by atoms with E-state index in [2.05, 4.69) is 20.2 Å². The molecule has 5 rings (SSSR count). The number of imidazole rings is 1. The average Bonchev–Trinajstić information content (AvgIpc) is 3.51. The standard InChI is InChI=1S/C24H26N4O3/c29-24(27-15-17-6-7-20-21(14-17)31-16-30-20)22(18-4-2-1-3-5-18)28-12-8-19(9-13-28)23-25-10-11-26-23/h1-7,10-11,14,19,22H,8-9,12-13,15-16H2,(H,25,26)(H,27,29). The van der Waals surface area contributed by atoms with E-state index in [0.717, 1.165) is 54.4 Å². The molecule has 2 aliphatic heterocycles. The zero-order valence-corrected chi connectivity index (χ0v) is 17.3. The minimum absolute atomic E-state index is 0.0142. The molecule has 0 saturated carbocycles. The third-order valence-electron chi connectivity index (χ3n) is 6.07. The van der Waals surface area contributed by atoms with Crippen molar-refractivity contribution in [2.24, 2.45) is 0 Å². The number of rotatable bonds is 6. The van der Waals surface area contributed by atoms with E-state index in [1.54, 1.807) is 6.20 Å². The predicted octanol–water partition coefficient (Wildman–Crippen LogP) is 3.38. The van der Waals surface area contributed by atoms with Crippen LogP contribution in [0.1, 0.15) is 41.8 Å². The van der Waals surface area contributed by atoms with Crippen molar-refractivity contribution in [1.82, 2.24) is 20.2 Å². The second kappa shape index (κ2) is 8.81. The number of ether oxygens (including phenoxy) is 2. The maximum atomic E-state index is 13.3. The Hall–Kier alpha value is -3.32. The maximum Gasteiger partial charge on any atom is 0.242 e. The lowest BCUT2D eigenvalue weighted by atomic mass is 9.93. The zero-order valence-electron chi connectivity index (χ0n) is 17.3. The summed E-state index contributed by atoms with van der Waals surface area (Å²) < 4.78 is 10.8. The van der Waals surface area contributed by atoms with Gasteiger partial charge in [0.25, 0.3) is 0 Å². The lowest BCUT2D eigenvalue weighted by molar-refractivity contribution is -0.127. The molecule has 1 atom stereocenters. The second-order valence-electron chi connectivity index (χ2n) is 8.00. The summed E-state index contributed by atoms with van der Waals surface area (Å²) in [7, 11) is 0. The molecule has 0 radical (unpaired) electrons. The Morgan fingerprint density at radius 2 is 1.94 bits per heavy atom. The van der Waals surface area contributed by atoms with Crippen LogP contribution in [0.3, 0.4) is 0 Å². The lowest BCUT2D eigenvalue weighted by Crippen LogP contribution is -2.44. The molecule has 3 heterocycles. The van der Waals surface area contributed by atoms with Crippen molar-refractivity contribution in [2.75, 3.05) is 19.9 Å². The molecule has 1 unspecified atom stereocenters. The van der Waals surface area contributed by atoms with E-state index < -0.39 is 0 Å². The molecule has 1 fully saturated rings. The first kappa shape index (κ1) is 19.6. The summed E-state index contributed by atoms with van der Waals surface area (Å²) in [5.74, 6) is 2.95. The normalized spacial score (nSPS) is 17.4. The summed E-state index contributed by atoms with van der Waals surface area (Å²) >= 11 is 0. The Labute approximate surface area is 181 Å². The number of hydrogen-bond donors (Lipinski definition) is 2. The van der Waals surface area contributed by atoms with Gasteiger partial charge in [0, 0.05) is 24.9 Å². The summed E-state index contributed by atoms with van der Waals surface area (Å²) in [5.41, 5.74) is 2.00. The quantitative estimate of drug-likeness (QED) is 0.642. The van der Waals surface area contributed by atoms with Gasteiger partial charge in [-0.05, 0) is 49.2 Å². The number of nitrogens with zero attached hydrogens (tertiary/aromatic N) is 2. The molecule has 7 nitrogen and oxygen atoms in total. The average molecular weight is 418 g/mol. The van der Waals surface area contributed by atoms with Crippen molar-refractivity contribution in [1.29, 1.82) is 0 Å². The number of amides is 1. The number of benzene rings is 2. The van der Waals surface area contributed by atoms with Gasteiger partial charge < -0.3 is 19.8 Å². The number of aromatic amines is 1. The van der Waals surface area contributed by atoms with Gasteiger partial charge in [-0.1, -0.05) is 36.4 Å². The van der Waals surface area contributed by atoms with Crippen molar-refractivity contribution >= 4 is 5.91 Å². The highest BCUT2D eigenvalue weighted by molar-refractivity contribution is 5.83. The molecule has 31 heavy (non-hydrogen) atoms. The lowest BCUT2D eigenvalue weighted by Gasteiger charge is -2.36. The molecule has 160 valence electrons. The van der Waals surface area contributed by atoms with Crippen LogP contribution in [-0.2, 0) is 11.3 Å². The summed E-state index contributed by atoms with van der Waals surface area (Å²) in [5, 5.41) is 3.13. The fraction of sp³-hybridized carbons (Fsp3) is 0.333. The van der Waals surface area contributed by atoms with E-state index in [1.807, 2.05) is 54.7 Å². The summed E-state index contributed by atoms with van der Waals surface area (Å²) in [6.45, 7) is 2.39. The molecule has 1 amide bonds. The van der Waals surface area contributed by atoms with Gasteiger partial charge in [0.05, 0.1) is 0 Å². The Kier molecular flexibility index (Phi) is 5.58. The van der Waals surface area contributed by atoms with E-state index >= 15 is 0 Å². The number of aromatic nitrogens is 2. The van der Waals surface area contributed by atoms with E-state index in [9.17, 15) is 4.79 Å². The maximum absolute atomic E-state index is 13.3. The minimum Gasteiger partial charge on any atom is -0.454 e. The van der Waals surface area contributed by atoms with Crippen molar-refractivity contribution in [3.63, 3.8) is 0 Å². The molecule has 2 aromatic carbocycles. The summed E-state index contributed by atoms with van der Waals surface area (Å²) in [6.07, 6.45) is 5.63. The van der Waals surface area contributed by atoms with Crippen molar-refractivity contribution in [2.45, 2.75) is 31.3 Å². The highest BCUT2D eigenvalue weighted by Crippen LogP contribution is 2.33. The number of nitrogens with one attached hydrogen (secondary N) is 2. The number of H-pyrrole nitrogens is 1. The van der Waals surface area contributed by atoms with E-state index in [0.29, 0.717) is 12.5 Å². The fourth-order valence-electron chi connectivity index (χ4n) is 4.43. The molecule has 1 aromatic heterocycles. The number of hydrogen-bond acceptors (Lipinski definition) is 5. The highest BCUT2D eigenvalue weighted by Gasteiger charge is 2.32. The summed E-state index contributed by atoms with van der Waals surface area (Å²) in [4.78, 5) is 23.3. The van der Waals surface area contributed by atoms with Crippen LogP contribution in [0.15, 0.2) is 60.9 Å². The van der Waals surface area contributed by atoms with E-state index in [4.69, 9.17) is 9.47 Å². The highest BCUT2D eigenvalue weighted by atomic mass is 16.7. The number of piperidine rings is 1. The molecular formula is C24H26N4O3. The van der Waals surface area contributed by atoms with Crippen LogP contribution in [-0.4, -0.2) is 40.7 Å². The Morgan fingerprint density at radius 3 is 2.71 bits per heavy atom. The first-order chi connectivity index (χ1) is 15.3. The Morgan fingerprint density at radius 1 is 1.13 bits per heavy atom.